The summed E-state index contributed by atoms with van der Waals surface area (Å²) in [6.45, 7) is 0. The lowest BCUT2D eigenvalue weighted by atomic mass is 10.00. The van der Waals surface area contributed by atoms with Crippen molar-refractivity contribution in [3.63, 3.8) is 0 Å². The van der Waals surface area contributed by atoms with Gasteiger partial charge >= 0.3 is 0 Å². The SMILES string of the molecule is c1ccc(-c2ccc(N(c3ccccc3)c3ccc(-c4ccc5cc(-n6c7ccccc7c7cc8ccccc8cc76)ccc5c4)cc3)cc2)cc1. The monoisotopic (exact) mass is 662 g/mol. The first kappa shape index (κ1) is 30.0. The molecule has 10 rings (SSSR count). The maximum Gasteiger partial charge on any atom is 0.0547 e. The number of aromatic nitrogens is 1. The van der Waals surface area contributed by atoms with Crippen molar-refractivity contribution in [1.82, 2.24) is 4.57 Å². The van der Waals surface area contributed by atoms with Crippen LogP contribution < -0.4 is 4.90 Å². The molecule has 0 spiro atoms. The zero-order valence-electron chi connectivity index (χ0n) is 28.5. The summed E-state index contributed by atoms with van der Waals surface area (Å²) in [5.74, 6) is 0. The van der Waals surface area contributed by atoms with Gasteiger partial charge in [0.2, 0.25) is 0 Å². The molecule has 0 unspecified atom stereocenters. The lowest BCUT2D eigenvalue weighted by molar-refractivity contribution is 1.19. The Morgan fingerprint density at radius 3 is 1.52 bits per heavy atom. The van der Waals surface area contributed by atoms with Gasteiger partial charge in [-0.05, 0) is 117 Å². The van der Waals surface area contributed by atoms with E-state index >= 15 is 0 Å². The molecule has 9 aromatic carbocycles. The summed E-state index contributed by atoms with van der Waals surface area (Å²) in [5, 5.41) is 7.52. The van der Waals surface area contributed by atoms with Crippen LogP contribution in [0.5, 0.6) is 0 Å². The third-order valence-corrected chi connectivity index (χ3v) is 10.3. The van der Waals surface area contributed by atoms with E-state index < -0.39 is 0 Å². The third-order valence-electron chi connectivity index (χ3n) is 10.3. The van der Waals surface area contributed by atoms with Gasteiger partial charge in [0.15, 0.2) is 0 Å². The topological polar surface area (TPSA) is 8.17 Å². The summed E-state index contributed by atoms with van der Waals surface area (Å²) in [4.78, 5) is 2.32. The predicted octanol–water partition coefficient (Wildman–Crippen LogP) is 13.9. The van der Waals surface area contributed by atoms with E-state index in [1.54, 1.807) is 0 Å². The Kier molecular flexibility index (Phi) is 7.18. The molecule has 0 aliphatic rings. The Balaban J connectivity index is 0.994. The van der Waals surface area contributed by atoms with E-state index in [1.807, 2.05) is 0 Å². The fourth-order valence-corrected chi connectivity index (χ4v) is 7.75. The molecule has 0 fully saturated rings. The van der Waals surface area contributed by atoms with Crippen LogP contribution in [0.2, 0.25) is 0 Å². The van der Waals surface area contributed by atoms with Crippen LogP contribution in [-0.2, 0) is 0 Å². The average molecular weight is 663 g/mol. The van der Waals surface area contributed by atoms with Gasteiger partial charge in [0.05, 0.1) is 11.0 Å². The van der Waals surface area contributed by atoms with Gasteiger partial charge in [-0.1, -0.05) is 133 Å². The lowest BCUT2D eigenvalue weighted by Crippen LogP contribution is -2.09. The molecular formula is C50H34N2. The number of fused-ring (bicyclic) bond motifs is 5. The predicted molar refractivity (Wildman–Crippen MR) is 221 cm³/mol. The van der Waals surface area contributed by atoms with Crippen LogP contribution in [0.4, 0.5) is 17.1 Å². The number of para-hydroxylation sites is 2. The fraction of sp³-hybridized carbons (Fsp3) is 0. The Bertz CT molecular complexity index is 2870. The summed E-state index contributed by atoms with van der Waals surface area (Å²) in [7, 11) is 0. The van der Waals surface area contributed by atoms with Crippen molar-refractivity contribution in [2.45, 2.75) is 0 Å². The molecule has 244 valence electrons. The molecule has 52 heavy (non-hydrogen) atoms. The molecule has 2 nitrogen and oxygen atoms in total. The molecule has 0 N–H and O–H groups in total. The first-order valence-electron chi connectivity index (χ1n) is 17.8. The molecule has 0 atom stereocenters. The van der Waals surface area contributed by atoms with Crippen molar-refractivity contribution in [1.29, 1.82) is 0 Å². The standard InChI is InChI=1S/C50H34N2/c1-3-11-35(12-4-1)36-21-26-44(27-22-36)51(43-15-5-2-6-16-43)45-28-23-37(24-29-45)40-19-20-42-32-46(30-25-41(42)31-40)52-49-18-10-9-17-47(49)48-33-38-13-7-8-14-39(38)34-50(48)52/h1-34H. The molecule has 0 bridgehead atoms. The normalized spacial score (nSPS) is 11.5. The maximum absolute atomic E-state index is 2.41. The second-order valence-electron chi connectivity index (χ2n) is 13.4. The minimum Gasteiger partial charge on any atom is -0.311 e. The smallest absolute Gasteiger partial charge is 0.0547 e. The maximum atomic E-state index is 2.41. The van der Waals surface area contributed by atoms with E-state index in [1.165, 1.54) is 71.3 Å². The summed E-state index contributed by atoms with van der Waals surface area (Å²) in [6.07, 6.45) is 0. The molecule has 0 saturated carbocycles. The second kappa shape index (κ2) is 12.5. The quantitative estimate of drug-likeness (QED) is 0.172. The molecule has 0 saturated heterocycles. The highest BCUT2D eigenvalue weighted by atomic mass is 15.1. The minimum absolute atomic E-state index is 1.12. The number of rotatable bonds is 6. The highest BCUT2D eigenvalue weighted by molar-refractivity contribution is 6.13. The molecule has 0 aliphatic heterocycles. The summed E-state index contributed by atoms with van der Waals surface area (Å²) in [6, 6.07) is 74.6. The van der Waals surface area contributed by atoms with Crippen LogP contribution in [0.25, 0.3) is 71.3 Å². The van der Waals surface area contributed by atoms with Crippen LogP contribution in [0.3, 0.4) is 0 Å². The first-order chi connectivity index (χ1) is 25.8. The lowest BCUT2D eigenvalue weighted by Gasteiger charge is -2.26. The van der Waals surface area contributed by atoms with Crippen molar-refractivity contribution in [3.05, 3.63) is 206 Å². The fourth-order valence-electron chi connectivity index (χ4n) is 7.75. The van der Waals surface area contributed by atoms with Gasteiger partial charge in [-0.25, -0.2) is 0 Å². The van der Waals surface area contributed by atoms with E-state index in [9.17, 15) is 0 Å². The van der Waals surface area contributed by atoms with Crippen molar-refractivity contribution >= 4 is 60.4 Å². The summed E-state index contributed by atoms with van der Waals surface area (Å²) in [5.41, 5.74) is 11.8. The molecule has 0 radical (unpaired) electrons. The minimum atomic E-state index is 1.12. The van der Waals surface area contributed by atoms with Crippen LogP contribution in [0.15, 0.2) is 206 Å². The zero-order valence-corrected chi connectivity index (χ0v) is 28.5. The van der Waals surface area contributed by atoms with Gasteiger partial charge in [0.1, 0.15) is 0 Å². The van der Waals surface area contributed by atoms with Gasteiger partial charge in [-0.2, -0.15) is 0 Å². The van der Waals surface area contributed by atoms with Gasteiger partial charge in [0.25, 0.3) is 0 Å². The Morgan fingerprint density at radius 2 is 0.788 bits per heavy atom. The third kappa shape index (κ3) is 5.21. The molecule has 10 aromatic rings. The highest BCUT2D eigenvalue weighted by Crippen LogP contribution is 2.38. The summed E-state index contributed by atoms with van der Waals surface area (Å²) < 4.78 is 2.41. The Morgan fingerprint density at radius 1 is 0.288 bits per heavy atom. The summed E-state index contributed by atoms with van der Waals surface area (Å²) >= 11 is 0. The van der Waals surface area contributed by atoms with Gasteiger partial charge in [-0.15, -0.1) is 0 Å². The Labute approximate surface area is 303 Å². The van der Waals surface area contributed by atoms with E-state index in [0.717, 1.165) is 17.1 Å². The zero-order chi connectivity index (χ0) is 34.4. The van der Waals surface area contributed by atoms with Crippen molar-refractivity contribution in [3.8, 4) is 27.9 Å². The van der Waals surface area contributed by atoms with E-state index in [4.69, 9.17) is 0 Å². The van der Waals surface area contributed by atoms with Crippen LogP contribution >= 0.6 is 0 Å². The number of hydrogen-bond acceptors (Lipinski definition) is 1. The van der Waals surface area contributed by atoms with Crippen LogP contribution in [0, 0.1) is 0 Å². The van der Waals surface area contributed by atoms with E-state index in [0.29, 0.717) is 0 Å². The van der Waals surface area contributed by atoms with E-state index in [2.05, 4.69) is 216 Å². The number of nitrogens with zero attached hydrogens (tertiary/aromatic N) is 2. The van der Waals surface area contributed by atoms with Crippen LogP contribution in [0.1, 0.15) is 0 Å². The molecule has 1 aromatic heterocycles. The largest absolute Gasteiger partial charge is 0.311 e. The number of benzene rings is 9. The molecule has 1 heterocycles. The molecule has 0 aliphatic carbocycles. The Hall–Kier alpha value is -6.90. The second-order valence-corrected chi connectivity index (χ2v) is 13.4. The van der Waals surface area contributed by atoms with Crippen molar-refractivity contribution in [2.24, 2.45) is 0 Å². The number of hydrogen-bond donors (Lipinski definition) is 0. The van der Waals surface area contributed by atoms with Crippen LogP contribution in [-0.4, -0.2) is 4.57 Å². The van der Waals surface area contributed by atoms with Gasteiger partial charge < -0.3 is 9.47 Å². The van der Waals surface area contributed by atoms with Crippen molar-refractivity contribution < 1.29 is 0 Å². The van der Waals surface area contributed by atoms with Gasteiger partial charge in [-0.3, -0.25) is 0 Å². The van der Waals surface area contributed by atoms with Gasteiger partial charge in [0, 0.05) is 33.5 Å². The molecule has 2 heteroatoms. The number of anilines is 3. The van der Waals surface area contributed by atoms with E-state index in [-0.39, 0.29) is 0 Å². The first-order valence-corrected chi connectivity index (χ1v) is 17.8. The average Bonchev–Trinajstić information content (AvgIpc) is 3.54. The molecule has 0 amide bonds. The highest BCUT2D eigenvalue weighted by Gasteiger charge is 2.15. The van der Waals surface area contributed by atoms with Crippen molar-refractivity contribution in [2.75, 3.05) is 4.90 Å². The molecular weight excluding hydrogens is 629 g/mol.